The number of aromatic nitrogens is 4. The summed E-state index contributed by atoms with van der Waals surface area (Å²) < 4.78 is 0.982. The Morgan fingerprint density at radius 2 is 1.85 bits per heavy atom. The van der Waals surface area contributed by atoms with Gasteiger partial charge < -0.3 is 0 Å². The first kappa shape index (κ1) is 13.5. The largest absolute Gasteiger partial charge is 0.205 e. The van der Waals surface area contributed by atoms with Crippen molar-refractivity contribution in [2.45, 2.75) is 5.33 Å². The maximum Gasteiger partial charge on any atom is 0.205 e. The van der Waals surface area contributed by atoms with Gasteiger partial charge in [-0.1, -0.05) is 68.3 Å². The lowest BCUT2D eigenvalue weighted by Gasteiger charge is -2.05. The SMILES string of the molecule is BrCc1ccc(Br)cc1-n1nnc(-c2ccccc2)n1. The van der Waals surface area contributed by atoms with Crippen molar-refractivity contribution in [3.8, 4) is 17.1 Å². The fourth-order valence-corrected chi connectivity index (χ4v) is 2.68. The highest BCUT2D eigenvalue weighted by Crippen LogP contribution is 2.22. The number of halogens is 2. The second kappa shape index (κ2) is 5.85. The van der Waals surface area contributed by atoms with E-state index in [0.717, 1.165) is 26.6 Å². The maximum absolute atomic E-state index is 4.45. The summed E-state index contributed by atoms with van der Waals surface area (Å²) in [5.74, 6) is 0.617. The Hall–Kier alpha value is -1.53. The van der Waals surface area contributed by atoms with E-state index in [4.69, 9.17) is 0 Å². The molecule has 0 N–H and O–H groups in total. The van der Waals surface area contributed by atoms with Gasteiger partial charge in [0.2, 0.25) is 5.82 Å². The number of benzene rings is 2. The molecule has 3 aromatic rings. The van der Waals surface area contributed by atoms with Crippen LogP contribution in [0.3, 0.4) is 0 Å². The van der Waals surface area contributed by atoms with Gasteiger partial charge in [-0.25, -0.2) is 0 Å². The van der Waals surface area contributed by atoms with Gasteiger partial charge in [0, 0.05) is 15.4 Å². The highest BCUT2D eigenvalue weighted by atomic mass is 79.9. The second-order valence-corrected chi connectivity index (χ2v) is 5.65. The van der Waals surface area contributed by atoms with Crippen molar-refractivity contribution in [2.24, 2.45) is 0 Å². The molecule has 2 aromatic carbocycles. The Kier molecular flexibility index (Phi) is 3.93. The van der Waals surface area contributed by atoms with Crippen molar-refractivity contribution >= 4 is 31.9 Å². The molecule has 0 bridgehead atoms. The lowest BCUT2D eigenvalue weighted by Crippen LogP contribution is -2.02. The summed E-state index contributed by atoms with van der Waals surface area (Å²) in [5, 5.41) is 13.5. The molecule has 0 aliphatic carbocycles. The molecule has 1 heterocycles. The first-order chi connectivity index (χ1) is 9.78. The van der Waals surface area contributed by atoms with Crippen LogP contribution >= 0.6 is 31.9 Å². The first-order valence-electron chi connectivity index (χ1n) is 5.98. The number of hydrogen-bond acceptors (Lipinski definition) is 3. The van der Waals surface area contributed by atoms with Gasteiger partial charge in [0.1, 0.15) is 0 Å². The molecule has 0 aliphatic rings. The van der Waals surface area contributed by atoms with Crippen LogP contribution in [-0.4, -0.2) is 20.2 Å². The van der Waals surface area contributed by atoms with E-state index in [9.17, 15) is 0 Å². The molecule has 0 amide bonds. The minimum absolute atomic E-state index is 0.617. The topological polar surface area (TPSA) is 43.6 Å². The van der Waals surface area contributed by atoms with E-state index in [1.54, 1.807) is 4.80 Å². The van der Waals surface area contributed by atoms with Crippen LogP contribution in [0.25, 0.3) is 17.1 Å². The number of hydrogen-bond donors (Lipinski definition) is 0. The standard InChI is InChI=1S/C14H10Br2N4/c15-9-11-6-7-12(16)8-13(11)20-18-14(17-19-20)10-4-2-1-3-5-10/h1-8H,9H2. The molecular weight excluding hydrogens is 384 g/mol. The van der Waals surface area contributed by atoms with Gasteiger partial charge >= 0.3 is 0 Å². The van der Waals surface area contributed by atoms with Crippen molar-refractivity contribution in [1.29, 1.82) is 0 Å². The monoisotopic (exact) mass is 392 g/mol. The summed E-state index contributed by atoms with van der Waals surface area (Å²) in [6.45, 7) is 0. The zero-order chi connectivity index (χ0) is 13.9. The molecule has 6 heteroatoms. The van der Waals surface area contributed by atoms with Crippen LogP contribution in [-0.2, 0) is 5.33 Å². The molecular formula is C14H10Br2N4. The normalized spacial score (nSPS) is 10.7. The fraction of sp³-hybridized carbons (Fsp3) is 0.0714. The van der Waals surface area contributed by atoms with Crippen molar-refractivity contribution in [1.82, 2.24) is 20.2 Å². The van der Waals surface area contributed by atoms with Crippen LogP contribution in [0.15, 0.2) is 53.0 Å². The summed E-state index contributed by atoms with van der Waals surface area (Å²) >= 11 is 6.95. The Morgan fingerprint density at radius 1 is 1.05 bits per heavy atom. The molecule has 0 atom stereocenters. The van der Waals surface area contributed by atoms with Crippen LogP contribution in [0.1, 0.15) is 5.56 Å². The van der Waals surface area contributed by atoms with Crippen LogP contribution in [0.4, 0.5) is 0 Å². The highest BCUT2D eigenvalue weighted by Gasteiger charge is 2.10. The van der Waals surface area contributed by atoms with Gasteiger partial charge in [0.25, 0.3) is 0 Å². The van der Waals surface area contributed by atoms with E-state index in [0.29, 0.717) is 5.82 Å². The second-order valence-electron chi connectivity index (χ2n) is 4.18. The number of tetrazole rings is 1. The third-order valence-electron chi connectivity index (χ3n) is 2.85. The van der Waals surface area contributed by atoms with E-state index < -0.39 is 0 Å². The highest BCUT2D eigenvalue weighted by molar-refractivity contribution is 9.10. The molecule has 1 aromatic heterocycles. The van der Waals surface area contributed by atoms with Crippen LogP contribution < -0.4 is 0 Å². The Morgan fingerprint density at radius 3 is 2.60 bits per heavy atom. The Balaban J connectivity index is 2.04. The van der Waals surface area contributed by atoms with E-state index in [2.05, 4.69) is 47.3 Å². The molecule has 0 fully saturated rings. The molecule has 3 rings (SSSR count). The van der Waals surface area contributed by atoms with E-state index in [1.807, 2.05) is 48.5 Å². The zero-order valence-corrected chi connectivity index (χ0v) is 13.5. The van der Waals surface area contributed by atoms with Crippen LogP contribution in [0, 0.1) is 0 Å². The van der Waals surface area contributed by atoms with Crippen LogP contribution in [0.5, 0.6) is 0 Å². The Labute approximate surface area is 133 Å². The predicted octanol–water partition coefficient (Wildman–Crippen LogP) is 3.99. The third-order valence-corrected chi connectivity index (χ3v) is 3.95. The summed E-state index contributed by atoms with van der Waals surface area (Å²) in [7, 11) is 0. The van der Waals surface area contributed by atoms with Gasteiger partial charge in [-0.3, -0.25) is 0 Å². The molecule has 0 saturated heterocycles. The molecule has 0 unspecified atom stereocenters. The molecule has 0 aliphatic heterocycles. The minimum Gasteiger partial charge on any atom is -0.130 e. The number of rotatable bonds is 3. The molecule has 0 radical (unpaired) electrons. The smallest absolute Gasteiger partial charge is 0.130 e. The summed E-state index contributed by atoms with van der Waals surface area (Å²) in [5.41, 5.74) is 2.96. The maximum atomic E-state index is 4.45. The van der Waals surface area contributed by atoms with Crippen molar-refractivity contribution in [2.75, 3.05) is 0 Å². The third kappa shape index (κ3) is 2.66. The average Bonchev–Trinajstić information content (AvgIpc) is 2.98. The average molecular weight is 394 g/mol. The minimum atomic E-state index is 0.617. The van der Waals surface area contributed by atoms with E-state index in [1.165, 1.54) is 0 Å². The number of nitrogens with zero attached hydrogens (tertiary/aromatic N) is 4. The Bertz CT molecular complexity index is 725. The summed E-state index contributed by atoms with van der Waals surface area (Å²) in [6.07, 6.45) is 0. The van der Waals surface area contributed by atoms with Crippen molar-refractivity contribution in [3.05, 3.63) is 58.6 Å². The zero-order valence-electron chi connectivity index (χ0n) is 10.4. The predicted molar refractivity (Wildman–Crippen MR) is 84.9 cm³/mol. The lowest BCUT2D eigenvalue weighted by atomic mass is 10.2. The first-order valence-corrected chi connectivity index (χ1v) is 7.89. The molecule has 100 valence electrons. The summed E-state index contributed by atoms with van der Waals surface area (Å²) in [4.78, 5) is 1.56. The molecule has 20 heavy (non-hydrogen) atoms. The van der Waals surface area contributed by atoms with Gasteiger partial charge in [-0.15, -0.1) is 15.0 Å². The quantitative estimate of drug-likeness (QED) is 0.632. The number of alkyl halides is 1. The molecule has 4 nitrogen and oxygen atoms in total. The summed E-state index contributed by atoms with van der Waals surface area (Å²) in [6, 6.07) is 15.8. The molecule has 0 saturated carbocycles. The van der Waals surface area contributed by atoms with E-state index in [-0.39, 0.29) is 0 Å². The van der Waals surface area contributed by atoms with Gasteiger partial charge in [0.15, 0.2) is 0 Å². The van der Waals surface area contributed by atoms with Crippen molar-refractivity contribution < 1.29 is 0 Å². The van der Waals surface area contributed by atoms with Gasteiger partial charge in [-0.2, -0.15) is 0 Å². The lowest BCUT2D eigenvalue weighted by molar-refractivity contribution is 0.715. The van der Waals surface area contributed by atoms with E-state index >= 15 is 0 Å². The van der Waals surface area contributed by atoms with Crippen molar-refractivity contribution in [3.63, 3.8) is 0 Å². The fourth-order valence-electron chi connectivity index (χ4n) is 1.86. The van der Waals surface area contributed by atoms with Crippen LogP contribution in [0.2, 0.25) is 0 Å². The van der Waals surface area contributed by atoms with Gasteiger partial charge in [0.05, 0.1) is 5.69 Å². The van der Waals surface area contributed by atoms with Gasteiger partial charge in [-0.05, 0) is 22.9 Å². The molecule has 0 spiro atoms.